The van der Waals surface area contributed by atoms with E-state index in [1.54, 1.807) is 24.3 Å². The van der Waals surface area contributed by atoms with Crippen LogP contribution in [0.5, 0.6) is 0 Å². The van der Waals surface area contributed by atoms with Crippen molar-refractivity contribution in [1.82, 2.24) is 5.32 Å². The van der Waals surface area contributed by atoms with Crippen molar-refractivity contribution in [1.29, 1.82) is 0 Å². The quantitative estimate of drug-likeness (QED) is 0.762. The van der Waals surface area contributed by atoms with Gasteiger partial charge < -0.3 is 16.4 Å². The minimum Gasteiger partial charge on any atom is -0.366 e. The van der Waals surface area contributed by atoms with E-state index < -0.39 is 5.91 Å². The Morgan fingerprint density at radius 2 is 1.89 bits per heavy atom. The fourth-order valence-electron chi connectivity index (χ4n) is 1.29. The Balaban J connectivity index is 2.65. The number of carbonyl (C=O) groups excluding carboxylic acids is 2. The van der Waals surface area contributed by atoms with Gasteiger partial charge in [-0.1, -0.05) is 19.9 Å². The number of urea groups is 1. The van der Waals surface area contributed by atoms with Crippen molar-refractivity contribution in [3.05, 3.63) is 29.8 Å². The second kappa shape index (κ2) is 6.05. The zero-order valence-electron chi connectivity index (χ0n) is 10.9. The molecule has 1 aromatic rings. The van der Waals surface area contributed by atoms with Gasteiger partial charge in [-0.3, -0.25) is 4.79 Å². The van der Waals surface area contributed by atoms with Gasteiger partial charge >= 0.3 is 6.03 Å². The molecule has 0 saturated heterocycles. The van der Waals surface area contributed by atoms with Gasteiger partial charge in [-0.15, -0.1) is 0 Å². The first kappa shape index (κ1) is 14.0. The van der Waals surface area contributed by atoms with Gasteiger partial charge in [0.05, 0.1) is 0 Å². The van der Waals surface area contributed by atoms with E-state index in [1.165, 1.54) is 0 Å². The Labute approximate surface area is 107 Å². The number of nitrogens with one attached hydrogen (secondary N) is 2. The Hall–Kier alpha value is -2.04. The minimum atomic E-state index is -0.519. The summed E-state index contributed by atoms with van der Waals surface area (Å²) in [6.45, 7) is 5.99. The molecule has 5 heteroatoms. The lowest BCUT2D eigenvalue weighted by Gasteiger charge is -2.17. The number of carbonyl (C=O) groups is 2. The van der Waals surface area contributed by atoms with E-state index in [0.29, 0.717) is 17.2 Å². The molecule has 1 aromatic carbocycles. The zero-order valence-corrected chi connectivity index (χ0v) is 10.9. The van der Waals surface area contributed by atoms with Gasteiger partial charge in [-0.25, -0.2) is 4.79 Å². The number of amides is 3. The molecule has 1 rings (SSSR count). The van der Waals surface area contributed by atoms with Crippen LogP contribution in [0.25, 0.3) is 0 Å². The van der Waals surface area contributed by atoms with E-state index in [-0.39, 0.29) is 12.1 Å². The van der Waals surface area contributed by atoms with Crippen molar-refractivity contribution in [3.8, 4) is 0 Å². The maximum atomic E-state index is 11.7. The highest BCUT2D eigenvalue weighted by Gasteiger charge is 2.11. The molecule has 0 aliphatic heterocycles. The molecular weight excluding hydrogens is 230 g/mol. The standard InChI is InChI=1S/C13H19N3O2/c1-8(2)9(3)15-13(18)16-11-6-4-5-10(7-11)12(14)17/h4-9H,1-3H3,(H2,14,17)(H2,15,16,18). The van der Waals surface area contributed by atoms with Crippen LogP contribution in [-0.4, -0.2) is 18.0 Å². The molecule has 1 atom stereocenters. The summed E-state index contributed by atoms with van der Waals surface area (Å²) < 4.78 is 0. The Morgan fingerprint density at radius 3 is 2.44 bits per heavy atom. The van der Waals surface area contributed by atoms with Gasteiger partial charge in [0.2, 0.25) is 5.91 Å². The minimum absolute atomic E-state index is 0.0734. The second-order valence-corrected chi connectivity index (χ2v) is 4.58. The molecule has 0 saturated carbocycles. The number of primary amides is 1. The van der Waals surface area contributed by atoms with Gasteiger partial charge in [0.1, 0.15) is 0 Å². The summed E-state index contributed by atoms with van der Waals surface area (Å²) in [5, 5.41) is 5.48. The van der Waals surface area contributed by atoms with Crippen LogP contribution in [0.3, 0.4) is 0 Å². The maximum absolute atomic E-state index is 11.7. The Bertz CT molecular complexity index is 444. The first-order valence-electron chi connectivity index (χ1n) is 5.87. The molecule has 0 bridgehead atoms. The average molecular weight is 249 g/mol. The van der Waals surface area contributed by atoms with Gasteiger partial charge in [0.25, 0.3) is 0 Å². The third kappa shape index (κ3) is 4.08. The van der Waals surface area contributed by atoms with Crippen LogP contribution in [0.4, 0.5) is 10.5 Å². The summed E-state index contributed by atoms with van der Waals surface area (Å²) in [5.41, 5.74) is 6.07. The first-order chi connectivity index (χ1) is 8.40. The number of nitrogens with two attached hydrogens (primary N) is 1. The third-order valence-corrected chi connectivity index (χ3v) is 2.76. The number of benzene rings is 1. The molecule has 0 radical (unpaired) electrons. The lowest BCUT2D eigenvalue weighted by Crippen LogP contribution is -2.39. The maximum Gasteiger partial charge on any atom is 0.319 e. The van der Waals surface area contributed by atoms with E-state index in [9.17, 15) is 9.59 Å². The lowest BCUT2D eigenvalue weighted by molar-refractivity contribution is 0.100. The molecule has 0 fully saturated rings. The van der Waals surface area contributed by atoms with Crippen LogP contribution >= 0.6 is 0 Å². The van der Waals surface area contributed by atoms with Crippen molar-refractivity contribution in [2.75, 3.05) is 5.32 Å². The molecule has 5 nitrogen and oxygen atoms in total. The van der Waals surface area contributed by atoms with E-state index in [0.717, 1.165) is 0 Å². The Morgan fingerprint density at radius 1 is 1.22 bits per heavy atom. The SMILES string of the molecule is CC(C)C(C)NC(=O)Nc1cccc(C(N)=O)c1. The van der Waals surface area contributed by atoms with Gasteiger partial charge in [-0.2, -0.15) is 0 Å². The average Bonchev–Trinajstić information content (AvgIpc) is 2.28. The van der Waals surface area contributed by atoms with E-state index in [4.69, 9.17) is 5.73 Å². The predicted octanol–water partition coefficient (Wildman–Crippen LogP) is 1.95. The highest BCUT2D eigenvalue weighted by molar-refractivity contribution is 5.95. The van der Waals surface area contributed by atoms with E-state index >= 15 is 0 Å². The van der Waals surface area contributed by atoms with Gasteiger partial charge in [-0.05, 0) is 31.0 Å². The molecule has 1 unspecified atom stereocenters. The van der Waals surface area contributed by atoms with Crippen LogP contribution < -0.4 is 16.4 Å². The van der Waals surface area contributed by atoms with Crippen LogP contribution in [0, 0.1) is 5.92 Å². The summed E-state index contributed by atoms with van der Waals surface area (Å²) >= 11 is 0. The second-order valence-electron chi connectivity index (χ2n) is 4.58. The van der Waals surface area contributed by atoms with Crippen molar-refractivity contribution < 1.29 is 9.59 Å². The number of anilines is 1. The molecule has 98 valence electrons. The van der Waals surface area contributed by atoms with Crippen molar-refractivity contribution in [2.24, 2.45) is 11.7 Å². The zero-order chi connectivity index (χ0) is 13.7. The Kier molecular flexibility index (Phi) is 4.71. The van der Waals surface area contributed by atoms with E-state index in [2.05, 4.69) is 10.6 Å². The van der Waals surface area contributed by atoms with Crippen LogP contribution in [0.15, 0.2) is 24.3 Å². The smallest absolute Gasteiger partial charge is 0.319 e. The van der Waals surface area contributed by atoms with Crippen LogP contribution in [0.2, 0.25) is 0 Å². The molecule has 3 amide bonds. The molecule has 4 N–H and O–H groups in total. The number of hydrogen-bond acceptors (Lipinski definition) is 2. The lowest BCUT2D eigenvalue weighted by atomic mass is 10.1. The van der Waals surface area contributed by atoms with Crippen LogP contribution in [0.1, 0.15) is 31.1 Å². The summed E-state index contributed by atoms with van der Waals surface area (Å²) in [7, 11) is 0. The molecule has 0 heterocycles. The fourth-order valence-corrected chi connectivity index (χ4v) is 1.29. The topological polar surface area (TPSA) is 84.2 Å². The molecule has 0 aliphatic rings. The molecule has 0 spiro atoms. The fraction of sp³-hybridized carbons (Fsp3) is 0.385. The summed E-state index contributed by atoms with van der Waals surface area (Å²) in [6, 6.07) is 6.29. The predicted molar refractivity (Wildman–Crippen MR) is 71.4 cm³/mol. The summed E-state index contributed by atoms with van der Waals surface area (Å²) in [6.07, 6.45) is 0. The number of rotatable bonds is 4. The van der Waals surface area contributed by atoms with Gasteiger partial charge in [0, 0.05) is 17.3 Å². The third-order valence-electron chi connectivity index (χ3n) is 2.76. The van der Waals surface area contributed by atoms with Crippen LogP contribution in [-0.2, 0) is 0 Å². The van der Waals surface area contributed by atoms with Gasteiger partial charge in [0.15, 0.2) is 0 Å². The highest BCUT2D eigenvalue weighted by Crippen LogP contribution is 2.10. The van der Waals surface area contributed by atoms with E-state index in [1.807, 2.05) is 20.8 Å². The summed E-state index contributed by atoms with van der Waals surface area (Å²) in [5.74, 6) is -0.165. The number of hydrogen-bond donors (Lipinski definition) is 3. The summed E-state index contributed by atoms with van der Waals surface area (Å²) in [4.78, 5) is 22.7. The molecule has 0 aliphatic carbocycles. The van der Waals surface area contributed by atoms with Crippen molar-refractivity contribution in [3.63, 3.8) is 0 Å². The highest BCUT2D eigenvalue weighted by atomic mass is 16.2. The monoisotopic (exact) mass is 249 g/mol. The first-order valence-corrected chi connectivity index (χ1v) is 5.87. The van der Waals surface area contributed by atoms with Crippen molar-refractivity contribution >= 4 is 17.6 Å². The normalized spacial score (nSPS) is 12.0. The molecule has 18 heavy (non-hydrogen) atoms. The largest absolute Gasteiger partial charge is 0.366 e. The van der Waals surface area contributed by atoms with Crippen molar-refractivity contribution in [2.45, 2.75) is 26.8 Å². The molecule has 0 aromatic heterocycles. The molecular formula is C13H19N3O2.